The van der Waals surface area contributed by atoms with Crippen molar-refractivity contribution in [3.05, 3.63) is 57.8 Å². The Bertz CT molecular complexity index is 692. The molecule has 0 aliphatic rings. The summed E-state index contributed by atoms with van der Waals surface area (Å²) < 4.78 is 44.9. The van der Waals surface area contributed by atoms with E-state index in [1.807, 2.05) is 0 Å². The molecule has 0 unspecified atom stereocenters. The number of amidine groups is 1. The van der Waals surface area contributed by atoms with Crippen LogP contribution in [0.3, 0.4) is 0 Å². The molecular formula is C13H8BrF3N2O. The average molecular weight is 345 g/mol. The lowest BCUT2D eigenvalue weighted by atomic mass is 10.2. The Kier molecular flexibility index (Phi) is 3.99. The summed E-state index contributed by atoms with van der Waals surface area (Å²) in [4.78, 5) is 0. The first-order valence-corrected chi connectivity index (χ1v) is 6.14. The van der Waals surface area contributed by atoms with Crippen molar-refractivity contribution in [3.8, 4) is 11.5 Å². The van der Waals surface area contributed by atoms with Gasteiger partial charge in [0.2, 0.25) is 0 Å². The summed E-state index contributed by atoms with van der Waals surface area (Å²) >= 11 is 2.96. The molecule has 7 heteroatoms. The quantitative estimate of drug-likeness (QED) is 0.654. The standard InChI is InChI=1S/C13H8BrF3N2O/c14-11-7(13(18)19)2-4-10(12(11)17)20-6-1-3-8(15)9(16)5-6/h1-5H,(H3,18,19). The molecule has 0 atom stereocenters. The Labute approximate surface area is 120 Å². The van der Waals surface area contributed by atoms with E-state index in [1.165, 1.54) is 18.2 Å². The first-order valence-electron chi connectivity index (χ1n) is 5.35. The van der Waals surface area contributed by atoms with Crippen LogP contribution in [-0.4, -0.2) is 5.84 Å². The zero-order valence-electron chi connectivity index (χ0n) is 9.88. The molecule has 0 aliphatic carbocycles. The van der Waals surface area contributed by atoms with Crippen LogP contribution in [0.1, 0.15) is 5.56 Å². The summed E-state index contributed by atoms with van der Waals surface area (Å²) in [6.45, 7) is 0. The van der Waals surface area contributed by atoms with Crippen LogP contribution < -0.4 is 10.5 Å². The maximum atomic E-state index is 14.0. The minimum atomic E-state index is -1.10. The Morgan fingerprint density at radius 1 is 1.10 bits per heavy atom. The van der Waals surface area contributed by atoms with Crippen LogP contribution in [0.15, 0.2) is 34.8 Å². The predicted octanol–water partition coefficient (Wildman–Crippen LogP) is 3.94. The lowest BCUT2D eigenvalue weighted by Crippen LogP contribution is -2.12. The van der Waals surface area contributed by atoms with E-state index in [1.54, 1.807) is 0 Å². The summed E-state index contributed by atoms with van der Waals surface area (Å²) in [7, 11) is 0. The van der Waals surface area contributed by atoms with Crippen LogP contribution in [0.4, 0.5) is 13.2 Å². The summed E-state index contributed by atoms with van der Waals surface area (Å²) in [5.41, 5.74) is 5.44. The molecule has 0 fully saturated rings. The molecule has 0 radical (unpaired) electrons. The third kappa shape index (κ3) is 2.77. The molecule has 0 amide bonds. The van der Waals surface area contributed by atoms with E-state index in [4.69, 9.17) is 15.9 Å². The molecule has 2 aromatic carbocycles. The van der Waals surface area contributed by atoms with Crippen LogP contribution in [0.2, 0.25) is 0 Å². The topological polar surface area (TPSA) is 59.1 Å². The number of ether oxygens (including phenoxy) is 1. The van der Waals surface area contributed by atoms with E-state index in [-0.39, 0.29) is 27.4 Å². The number of nitrogen functional groups attached to an aromatic ring is 1. The molecule has 3 N–H and O–H groups in total. The van der Waals surface area contributed by atoms with Gasteiger partial charge >= 0.3 is 0 Å². The van der Waals surface area contributed by atoms with Gasteiger partial charge in [0, 0.05) is 11.6 Å². The van der Waals surface area contributed by atoms with Gasteiger partial charge in [0.1, 0.15) is 11.6 Å². The fourth-order valence-electron chi connectivity index (χ4n) is 1.49. The molecule has 0 aromatic heterocycles. The summed E-state index contributed by atoms with van der Waals surface area (Å²) in [6.07, 6.45) is 0. The third-order valence-electron chi connectivity index (χ3n) is 2.46. The van der Waals surface area contributed by atoms with Crippen molar-refractivity contribution < 1.29 is 17.9 Å². The molecule has 2 aromatic rings. The van der Waals surface area contributed by atoms with Crippen LogP contribution in [-0.2, 0) is 0 Å². The highest BCUT2D eigenvalue weighted by atomic mass is 79.9. The van der Waals surface area contributed by atoms with Gasteiger partial charge in [-0.25, -0.2) is 13.2 Å². The highest BCUT2D eigenvalue weighted by Gasteiger charge is 2.15. The van der Waals surface area contributed by atoms with E-state index in [0.717, 1.165) is 12.1 Å². The second-order valence-corrected chi connectivity index (χ2v) is 4.62. The molecular weight excluding hydrogens is 337 g/mol. The van der Waals surface area contributed by atoms with Gasteiger partial charge in [-0.2, -0.15) is 0 Å². The summed E-state index contributed by atoms with van der Waals surface area (Å²) in [6, 6.07) is 5.48. The normalized spacial score (nSPS) is 10.4. The molecule has 0 aliphatic heterocycles. The highest BCUT2D eigenvalue weighted by molar-refractivity contribution is 9.10. The summed E-state index contributed by atoms with van der Waals surface area (Å²) in [5, 5.41) is 7.27. The van der Waals surface area contributed by atoms with E-state index < -0.39 is 17.5 Å². The minimum absolute atomic E-state index is 0.0370. The monoisotopic (exact) mass is 344 g/mol. The van der Waals surface area contributed by atoms with Crippen LogP contribution in [0.5, 0.6) is 11.5 Å². The highest BCUT2D eigenvalue weighted by Crippen LogP contribution is 2.32. The van der Waals surface area contributed by atoms with Gasteiger partial charge in [0.05, 0.1) is 4.47 Å². The molecule has 0 bridgehead atoms. The third-order valence-corrected chi connectivity index (χ3v) is 3.23. The second-order valence-electron chi connectivity index (χ2n) is 3.83. The minimum Gasteiger partial charge on any atom is -0.454 e. The van der Waals surface area contributed by atoms with E-state index in [0.29, 0.717) is 0 Å². The number of nitrogens with two attached hydrogens (primary N) is 1. The maximum absolute atomic E-state index is 14.0. The Balaban J connectivity index is 2.37. The molecule has 0 saturated carbocycles. The summed E-state index contributed by atoms with van der Waals surface area (Å²) in [5.74, 6) is -3.47. The number of hydrogen-bond donors (Lipinski definition) is 2. The molecule has 2 rings (SSSR count). The first kappa shape index (κ1) is 14.4. The zero-order chi connectivity index (χ0) is 14.9. The average Bonchev–Trinajstić information content (AvgIpc) is 2.39. The number of benzene rings is 2. The zero-order valence-corrected chi connectivity index (χ0v) is 11.5. The lowest BCUT2D eigenvalue weighted by Gasteiger charge is -2.10. The number of hydrogen-bond acceptors (Lipinski definition) is 2. The fraction of sp³-hybridized carbons (Fsp3) is 0. The SMILES string of the molecule is N=C(N)c1ccc(Oc2ccc(F)c(F)c2)c(F)c1Br. The van der Waals surface area contributed by atoms with Crippen LogP contribution in [0.25, 0.3) is 0 Å². The number of rotatable bonds is 3. The Hall–Kier alpha value is -2.02. The molecule has 20 heavy (non-hydrogen) atoms. The van der Waals surface area contributed by atoms with Crippen molar-refractivity contribution in [2.75, 3.05) is 0 Å². The number of nitrogens with one attached hydrogen (secondary N) is 1. The van der Waals surface area contributed by atoms with Crippen molar-refractivity contribution in [2.24, 2.45) is 5.73 Å². The van der Waals surface area contributed by atoms with Gasteiger partial charge in [-0.1, -0.05) is 0 Å². The van der Waals surface area contributed by atoms with Crippen molar-refractivity contribution in [2.45, 2.75) is 0 Å². The van der Waals surface area contributed by atoms with E-state index >= 15 is 0 Å². The molecule has 0 heterocycles. The van der Waals surface area contributed by atoms with Crippen molar-refractivity contribution in [1.29, 1.82) is 5.41 Å². The first-order chi connectivity index (χ1) is 9.40. The second kappa shape index (κ2) is 5.54. The predicted molar refractivity (Wildman–Crippen MR) is 71.5 cm³/mol. The van der Waals surface area contributed by atoms with Crippen molar-refractivity contribution >= 4 is 21.8 Å². The van der Waals surface area contributed by atoms with Gasteiger partial charge in [-0.15, -0.1) is 0 Å². The van der Waals surface area contributed by atoms with Crippen molar-refractivity contribution in [3.63, 3.8) is 0 Å². The van der Waals surface area contributed by atoms with Gasteiger partial charge in [0.15, 0.2) is 23.2 Å². The fourth-order valence-corrected chi connectivity index (χ4v) is 2.03. The van der Waals surface area contributed by atoms with E-state index in [2.05, 4.69) is 15.9 Å². The Morgan fingerprint density at radius 2 is 1.80 bits per heavy atom. The van der Waals surface area contributed by atoms with E-state index in [9.17, 15) is 13.2 Å². The molecule has 0 saturated heterocycles. The van der Waals surface area contributed by atoms with Crippen LogP contribution >= 0.6 is 15.9 Å². The molecule has 3 nitrogen and oxygen atoms in total. The smallest absolute Gasteiger partial charge is 0.180 e. The number of halogens is 4. The van der Waals surface area contributed by atoms with Gasteiger partial charge in [-0.3, -0.25) is 5.41 Å². The largest absolute Gasteiger partial charge is 0.454 e. The lowest BCUT2D eigenvalue weighted by molar-refractivity contribution is 0.431. The van der Waals surface area contributed by atoms with Crippen molar-refractivity contribution in [1.82, 2.24) is 0 Å². The van der Waals surface area contributed by atoms with Gasteiger partial charge in [-0.05, 0) is 40.2 Å². The Morgan fingerprint density at radius 3 is 2.40 bits per heavy atom. The van der Waals surface area contributed by atoms with Crippen LogP contribution in [0, 0.1) is 22.9 Å². The van der Waals surface area contributed by atoms with Gasteiger partial charge in [0.25, 0.3) is 0 Å². The maximum Gasteiger partial charge on any atom is 0.180 e. The molecule has 0 spiro atoms. The van der Waals surface area contributed by atoms with Gasteiger partial charge < -0.3 is 10.5 Å². The molecule has 104 valence electrons.